The van der Waals surface area contributed by atoms with E-state index in [0.29, 0.717) is 11.7 Å². The van der Waals surface area contributed by atoms with Gasteiger partial charge in [-0.3, -0.25) is 4.57 Å². The Labute approximate surface area is 174 Å². The quantitative estimate of drug-likeness (QED) is 0.444. The normalized spacial score (nSPS) is 34.8. The average Bonchev–Trinajstić information content (AvgIpc) is 3.00. The van der Waals surface area contributed by atoms with Crippen LogP contribution in [-0.2, 0) is 26.0 Å². The van der Waals surface area contributed by atoms with Gasteiger partial charge in [-0.25, -0.2) is 9.69 Å². The van der Waals surface area contributed by atoms with Crippen LogP contribution < -0.4 is 11.4 Å². The van der Waals surface area contributed by atoms with Crippen molar-refractivity contribution >= 4 is 25.2 Å². The molecule has 1 saturated heterocycles. The monoisotopic (exact) mass is 443 g/mol. The van der Waals surface area contributed by atoms with Crippen molar-refractivity contribution in [2.45, 2.75) is 51.5 Å². The molecule has 0 spiro atoms. The zero-order valence-corrected chi connectivity index (χ0v) is 18.0. The van der Waals surface area contributed by atoms with E-state index in [2.05, 4.69) is 18.8 Å². The maximum absolute atomic E-state index is 12.0. The molecular formula is C18H26N3O6PS. The lowest BCUT2D eigenvalue weighted by Crippen LogP contribution is -2.48. The van der Waals surface area contributed by atoms with Crippen molar-refractivity contribution in [3.8, 4) is 0 Å². The van der Waals surface area contributed by atoms with Crippen LogP contribution in [0.2, 0.25) is 0 Å². The van der Waals surface area contributed by atoms with Gasteiger partial charge in [0, 0.05) is 18.5 Å². The van der Waals surface area contributed by atoms with Gasteiger partial charge in [-0.05, 0) is 36.3 Å². The van der Waals surface area contributed by atoms with Gasteiger partial charge in [0.05, 0.1) is 6.10 Å². The van der Waals surface area contributed by atoms with Crippen LogP contribution in [0.4, 0.5) is 5.82 Å². The van der Waals surface area contributed by atoms with Gasteiger partial charge < -0.3 is 32.3 Å². The third kappa shape index (κ3) is 4.06. The van der Waals surface area contributed by atoms with Gasteiger partial charge >= 0.3 is 12.8 Å². The zero-order chi connectivity index (χ0) is 21.0. The zero-order valence-electron chi connectivity index (χ0n) is 16.3. The van der Waals surface area contributed by atoms with E-state index < -0.39 is 31.3 Å². The largest absolute Gasteiger partial charge is 0.449 e. The number of aliphatic hydroxyl groups is 1. The molecule has 1 unspecified atom stereocenters. The Balaban J connectivity index is 1.35. The number of hydrogen-bond acceptors (Lipinski definition) is 9. The highest BCUT2D eigenvalue weighted by Gasteiger charge is 2.54. The summed E-state index contributed by atoms with van der Waals surface area (Å²) >= 11 is 5.17. The van der Waals surface area contributed by atoms with Crippen LogP contribution in [0.25, 0.3) is 0 Å². The third-order valence-corrected chi connectivity index (χ3v) is 7.86. The molecule has 5 rings (SSSR count). The number of aliphatic hydroxyl groups excluding tert-OH is 1. The highest BCUT2D eigenvalue weighted by Crippen LogP contribution is 2.65. The molecule has 0 amide bonds. The summed E-state index contributed by atoms with van der Waals surface area (Å²) in [7, 11) is -3.54. The fourth-order valence-electron chi connectivity index (χ4n) is 4.41. The lowest BCUT2D eigenvalue weighted by atomic mass is 9.50. The number of nitrogen functional groups attached to an aromatic ring is 1. The predicted molar refractivity (Wildman–Crippen MR) is 109 cm³/mol. The van der Waals surface area contributed by atoms with Crippen molar-refractivity contribution in [3.05, 3.63) is 34.6 Å². The van der Waals surface area contributed by atoms with Crippen LogP contribution in [0.1, 0.15) is 39.3 Å². The van der Waals surface area contributed by atoms with Crippen LogP contribution in [-0.4, -0.2) is 38.4 Å². The summed E-state index contributed by atoms with van der Waals surface area (Å²) < 4.78 is 18.2. The highest BCUT2D eigenvalue weighted by molar-refractivity contribution is 8.35. The summed E-state index contributed by atoms with van der Waals surface area (Å²) in [4.78, 5) is 26.1. The molecule has 0 aromatic carbocycles. The maximum Gasteiger partial charge on any atom is 0.351 e. The Kier molecular flexibility index (Phi) is 5.46. The predicted octanol–water partition coefficient (Wildman–Crippen LogP) is 1.67. The van der Waals surface area contributed by atoms with Crippen LogP contribution in [0.5, 0.6) is 0 Å². The number of fused-ring (bicyclic) bond motifs is 1. The topological polar surface area (TPSA) is 129 Å². The van der Waals surface area contributed by atoms with Crippen LogP contribution >= 0.6 is 7.15 Å². The molecule has 29 heavy (non-hydrogen) atoms. The summed E-state index contributed by atoms with van der Waals surface area (Å²) in [6, 6.07) is 1.48. The average molecular weight is 443 g/mol. The lowest BCUT2D eigenvalue weighted by molar-refractivity contribution is -0.0482. The van der Waals surface area contributed by atoms with Crippen LogP contribution in [0.15, 0.2) is 28.9 Å². The van der Waals surface area contributed by atoms with E-state index in [-0.39, 0.29) is 30.2 Å². The van der Waals surface area contributed by atoms with Crippen molar-refractivity contribution in [1.29, 1.82) is 0 Å². The molecule has 160 valence electrons. The fraction of sp³-hybridized carbons (Fsp3) is 0.667. The maximum atomic E-state index is 12.0. The first-order valence-electron chi connectivity index (χ1n) is 9.62. The number of nitrogens with two attached hydrogens (primary N) is 1. The summed E-state index contributed by atoms with van der Waals surface area (Å²) in [5.74, 6) is 1.69. The van der Waals surface area contributed by atoms with E-state index in [1.165, 1.54) is 16.8 Å². The Hall–Kier alpha value is -1.16. The third-order valence-electron chi connectivity index (χ3n) is 6.41. The molecule has 2 heterocycles. The van der Waals surface area contributed by atoms with E-state index >= 15 is 0 Å². The second-order valence-electron chi connectivity index (χ2n) is 8.48. The van der Waals surface area contributed by atoms with E-state index in [0.717, 1.165) is 12.8 Å². The summed E-state index contributed by atoms with van der Waals surface area (Å²) in [5.41, 5.74) is 5.07. The first-order valence-corrected chi connectivity index (χ1v) is 12.2. The number of nitrogens with zero attached hydrogens (tertiary/aromatic N) is 2. The smallest absolute Gasteiger partial charge is 0.351 e. The molecule has 2 bridgehead atoms. The Morgan fingerprint density at radius 3 is 2.90 bits per heavy atom. The molecule has 11 heteroatoms. The van der Waals surface area contributed by atoms with Crippen molar-refractivity contribution in [2.24, 2.45) is 17.3 Å². The fourth-order valence-corrected chi connectivity index (χ4v) is 5.71. The Morgan fingerprint density at radius 1 is 1.48 bits per heavy atom. The SMILES string of the molecule is CC1(C)[C@@H]2CC=C(O[P+](O)([S-])OC[C@H]3O[C@@H](n4ccc(N)nc4=O)C[C@@H]3O)[C@H]1C2. The van der Waals surface area contributed by atoms with Gasteiger partial charge in [-0.2, -0.15) is 9.51 Å². The van der Waals surface area contributed by atoms with E-state index in [1.54, 1.807) is 0 Å². The van der Waals surface area contributed by atoms with Crippen molar-refractivity contribution in [1.82, 2.24) is 9.55 Å². The van der Waals surface area contributed by atoms with E-state index in [9.17, 15) is 14.8 Å². The summed E-state index contributed by atoms with van der Waals surface area (Å²) in [5, 5.41) is 10.3. The molecule has 1 saturated carbocycles. The number of allylic oxidation sites excluding steroid dienone is 2. The molecule has 3 aliphatic carbocycles. The first-order chi connectivity index (χ1) is 13.6. The van der Waals surface area contributed by atoms with E-state index in [4.69, 9.17) is 31.8 Å². The van der Waals surface area contributed by atoms with E-state index in [1.807, 2.05) is 6.08 Å². The minimum Gasteiger partial charge on any atom is -0.449 e. The number of hydrogen-bond donors (Lipinski definition) is 3. The number of rotatable bonds is 6. The van der Waals surface area contributed by atoms with Crippen LogP contribution in [0, 0.1) is 17.3 Å². The van der Waals surface area contributed by atoms with Crippen molar-refractivity contribution in [3.63, 3.8) is 0 Å². The molecule has 0 radical (unpaired) electrons. The molecule has 9 nitrogen and oxygen atoms in total. The minimum atomic E-state index is -3.54. The lowest BCUT2D eigenvalue weighted by Gasteiger charge is -2.55. The molecule has 4 N–H and O–H groups in total. The molecular weight excluding hydrogens is 417 g/mol. The highest BCUT2D eigenvalue weighted by atomic mass is 32.7. The van der Waals surface area contributed by atoms with Gasteiger partial charge in [0.1, 0.15) is 24.8 Å². The second kappa shape index (κ2) is 7.51. The summed E-state index contributed by atoms with van der Waals surface area (Å²) in [6.45, 7) is 4.24. The number of aromatic nitrogens is 2. The van der Waals surface area contributed by atoms with Gasteiger partial charge in [0.2, 0.25) is 0 Å². The van der Waals surface area contributed by atoms with Gasteiger partial charge in [-0.1, -0.05) is 13.8 Å². The molecule has 4 aliphatic rings. The van der Waals surface area contributed by atoms with Gasteiger partial charge in [0.25, 0.3) is 0 Å². The molecule has 1 aromatic rings. The number of ether oxygens (including phenoxy) is 1. The first kappa shape index (κ1) is 21.1. The van der Waals surface area contributed by atoms with Gasteiger partial charge in [0.15, 0.2) is 5.76 Å². The Bertz CT molecular complexity index is 875. The molecule has 1 aliphatic heterocycles. The van der Waals surface area contributed by atoms with Crippen molar-refractivity contribution in [2.75, 3.05) is 12.3 Å². The molecule has 6 atom stereocenters. The van der Waals surface area contributed by atoms with Gasteiger partial charge in [-0.15, -0.1) is 0 Å². The number of anilines is 1. The molecule has 1 aromatic heterocycles. The Morgan fingerprint density at radius 2 is 2.24 bits per heavy atom. The standard InChI is InChI=1S/C18H26N3O6PS/c1-18(2)10-3-4-13(11(18)7-10)27-28(24,29)25-9-14-12(22)8-16(26-14)21-6-5-15(19)20-17(21)23/h4-6,10-12,14,16,22H,3,7-9H2,1-2H3,(H,24,29)(H2,19,20,23)/t10-,11-,12+,14-,16-,28?/m1/s1. The minimum absolute atomic E-state index is 0.112. The second-order valence-corrected chi connectivity index (χ2v) is 11.2. The molecule has 2 fully saturated rings. The van der Waals surface area contributed by atoms with Crippen molar-refractivity contribution < 1.29 is 23.8 Å². The van der Waals surface area contributed by atoms with Crippen LogP contribution in [0.3, 0.4) is 0 Å². The summed E-state index contributed by atoms with van der Waals surface area (Å²) in [6.07, 6.45) is 3.22.